The van der Waals surface area contributed by atoms with Crippen LogP contribution in [0.3, 0.4) is 0 Å². The van der Waals surface area contributed by atoms with Crippen LogP contribution < -0.4 is 0 Å². The second-order valence-electron chi connectivity index (χ2n) is 5.49. The monoisotopic (exact) mass is 278 g/mol. The molecule has 0 aromatic heterocycles. The summed E-state index contributed by atoms with van der Waals surface area (Å²) in [5.41, 5.74) is 1.31. The molecule has 0 atom stereocenters. The summed E-state index contributed by atoms with van der Waals surface area (Å²) < 4.78 is 13.6. The van der Waals surface area contributed by atoms with Gasteiger partial charge in [-0.3, -0.25) is 0 Å². The molecule has 2 heteroatoms. The predicted octanol–water partition coefficient (Wildman–Crippen LogP) is 4.40. The van der Waals surface area contributed by atoms with Gasteiger partial charge >= 0.3 is 98.7 Å². The summed E-state index contributed by atoms with van der Waals surface area (Å²) in [6.07, 6.45) is 0. The van der Waals surface area contributed by atoms with Crippen molar-refractivity contribution in [3.8, 4) is 0 Å². The van der Waals surface area contributed by atoms with Crippen molar-refractivity contribution in [2.45, 2.75) is 22.5 Å². The molecule has 0 aliphatic carbocycles. The summed E-state index contributed by atoms with van der Waals surface area (Å²) in [6, 6.07) is 11.3. The van der Waals surface area contributed by atoms with Gasteiger partial charge in [0.2, 0.25) is 0 Å². The second-order valence-corrected chi connectivity index (χ2v) is 17.0. The molecule has 0 radical (unpaired) electrons. The van der Waals surface area contributed by atoms with Gasteiger partial charge in [-0.1, -0.05) is 0 Å². The van der Waals surface area contributed by atoms with E-state index in [2.05, 4.69) is 17.3 Å². The van der Waals surface area contributed by atoms with Gasteiger partial charge in [-0.2, -0.15) is 0 Å². The van der Waals surface area contributed by atoms with Crippen LogP contribution >= 0.6 is 0 Å². The molecule has 16 heavy (non-hydrogen) atoms. The molecule has 0 nitrogen and oxygen atoms in total. The van der Waals surface area contributed by atoms with E-state index in [-0.39, 0.29) is 5.82 Å². The normalized spacial score (nSPS) is 12.0. The third kappa shape index (κ3) is 2.46. The summed E-state index contributed by atoms with van der Waals surface area (Å²) in [4.78, 5) is 0. The minimum atomic E-state index is -1.64. The zero-order valence-electron chi connectivity index (χ0n) is 10.0. The van der Waals surface area contributed by atoms with Crippen LogP contribution in [-0.2, 0) is 5.25 Å². The van der Waals surface area contributed by atoms with E-state index in [9.17, 15) is 4.39 Å². The molecule has 0 saturated heterocycles. The average molecular weight is 277 g/mol. The molecule has 2 aromatic carbocycles. The average Bonchev–Trinajstić information content (AvgIpc) is 2.21. The molecular formula is C14H17FGe. The van der Waals surface area contributed by atoms with Gasteiger partial charge in [0.25, 0.3) is 0 Å². The Hall–Kier alpha value is -0.827. The number of rotatable bonds is 2. The first-order chi connectivity index (χ1) is 7.47. The quantitative estimate of drug-likeness (QED) is 0.714. The first-order valence-electron chi connectivity index (χ1n) is 5.63. The minimum absolute atomic E-state index is 0.110. The van der Waals surface area contributed by atoms with E-state index in [1.807, 2.05) is 30.3 Å². The van der Waals surface area contributed by atoms with E-state index in [1.165, 1.54) is 5.56 Å². The molecule has 84 valence electrons. The van der Waals surface area contributed by atoms with Gasteiger partial charge in [-0.25, -0.2) is 0 Å². The number of benzene rings is 2. The van der Waals surface area contributed by atoms with Crippen molar-refractivity contribution in [3.63, 3.8) is 0 Å². The fraction of sp³-hybridized carbons (Fsp3) is 0.286. The first kappa shape index (κ1) is 11.7. The van der Waals surface area contributed by atoms with E-state index < -0.39 is 13.3 Å². The number of halogens is 1. The number of hydrogen-bond acceptors (Lipinski definition) is 0. The van der Waals surface area contributed by atoms with Gasteiger partial charge in [-0.05, 0) is 0 Å². The van der Waals surface area contributed by atoms with Crippen LogP contribution in [0.5, 0.6) is 0 Å². The number of hydrogen-bond donors (Lipinski definition) is 0. The summed E-state index contributed by atoms with van der Waals surface area (Å²) in [6.45, 7) is 0. The van der Waals surface area contributed by atoms with E-state index in [4.69, 9.17) is 0 Å². The molecule has 0 aliphatic rings. The maximum atomic E-state index is 13.6. The summed E-state index contributed by atoms with van der Waals surface area (Å²) in [5.74, 6) is 7.05. The summed E-state index contributed by atoms with van der Waals surface area (Å²) in [5, 5.41) is 3.00. The van der Waals surface area contributed by atoms with E-state index in [1.54, 1.807) is 6.07 Å². The molecule has 2 aromatic rings. The van der Waals surface area contributed by atoms with Crippen molar-refractivity contribution in [3.05, 3.63) is 47.8 Å². The Morgan fingerprint density at radius 3 is 2.19 bits per heavy atom. The third-order valence-electron chi connectivity index (χ3n) is 2.68. The fourth-order valence-corrected chi connectivity index (χ4v) is 5.09. The van der Waals surface area contributed by atoms with Crippen molar-refractivity contribution in [2.24, 2.45) is 0 Å². The van der Waals surface area contributed by atoms with Crippen molar-refractivity contribution in [1.82, 2.24) is 0 Å². The molecule has 0 unspecified atom stereocenters. The van der Waals surface area contributed by atoms with Gasteiger partial charge in [0.15, 0.2) is 0 Å². The summed E-state index contributed by atoms with van der Waals surface area (Å²) in [7, 11) is 0. The Bertz CT molecular complexity index is 512. The zero-order chi connectivity index (χ0) is 11.8. The molecule has 0 saturated carbocycles. The van der Waals surface area contributed by atoms with Gasteiger partial charge < -0.3 is 0 Å². The van der Waals surface area contributed by atoms with E-state index >= 15 is 0 Å². The number of fused-ring (bicyclic) bond motifs is 1. The molecular weight excluding hydrogens is 260 g/mol. The maximum absolute atomic E-state index is 13.6. The van der Waals surface area contributed by atoms with Crippen LogP contribution in [-0.4, -0.2) is 13.3 Å². The third-order valence-corrected chi connectivity index (χ3v) is 5.71. The molecule has 0 aliphatic heterocycles. The van der Waals surface area contributed by atoms with Crippen molar-refractivity contribution in [2.75, 3.05) is 0 Å². The van der Waals surface area contributed by atoms with Gasteiger partial charge in [-0.15, -0.1) is 0 Å². The van der Waals surface area contributed by atoms with E-state index in [0.717, 1.165) is 16.0 Å². The fourth-order valence-electron chi connectivity index (χ4n) is 2.05. The van der Waals surface area contributed by atoms with Crippen molar-refractivity contribution in [1.29, 1.82) is 0 Å². The topological polar surface area (TPSA) is 0 Å². The molecule has 0 spiro atoms. The first-order valence-corrected chi connectivity index (χ1v) is 13.4. The molecule has 0 N–H and O–H groups in total. The van der Waals surface area contributed by atoms with E-state index in [0.29, 0.717) is 0 Å². The Morgan fingerprint density at radius 2 is 1.56 bits per heavy atom. The van der Waals surface area contributed by atoms with Gasteiger partial charge in [0, 0.05) is 0 Å². The molecule has 0 amide bonds. The predicted molar refractivity (Wildman–Crippen MR) is 71.0 cm³/mol. The van der Waals surface area contributed by atoms with Gasteiger partial charge in [0.1, 0.15) is 0 Å². The van der Waals surface area contributed by atoms with Crippen LogP contribution in [0.1, 0.15) is 5.56 Å². The Balaban J connectivity index is 2.59. The standard InChI is InChI=1S/C14H17FGe/c1-16(2,3)10-11-8-9-14(15)13-7-5-4-6-12(11)13/h4-9H,10H2,1-3H3. The molecule has 2 rings (SSSR count). The Morgan fingerprint density at radius 1 is 0.938 bits per heavy atom. The molecule has 0 fully saturated rings. The second kappa shape index (κ2) is 4.21. The van der Waals surface area contributed by atoms with Crippen LogP contribution in [0, 0.1) is 5.82 Å². The van der Waals surface area contributed by atoms with Crippen molar-refractivity contribution < 1.29 is 4.39 Å². The van der Waals surface area contributed by atoms with Gasteiger partial charge in [0.05, 0.1) is 0 Å². The Kier molecular flexibility index (Phi) is 3.07. The molecule has 0 heterocycles. The van der Waals surface area contributed by atoms with Crippen LogP contribution in [0.15, 0.2) is 36.4 Å². The molecule has 0 bridgehead atoms. The zero-order valence-corrected chi connectivity index (χ0v) is 12.1. The van der Waals surface area contributed by atoms with Crippen molar-refractivity contribution >= 4 is 24.0 Å². The van der Waals surface area contributed by atoms with Crippen LogP contribution in [0.25, 0.3) is 10.8 Å². The Labute approximate surface area is 98.8 Å². The van der Waals surface area contributed by atoms with Crippen LogP contribution in [0.2, 0.25) is 17.3 Å². The SMILES string of the molecule is [CH3][Ge]([CH3])([CH3])[CH2]c1ccc(F)c2ccccc12. The van der Waals surface area contributed by atoms with Crippen LogP contribution in [0.4, 0.5) is 4.39 Å². The summed E-state index contributed by atoms with van der Waals surface area (Å²) >= 11 is -1.64.